The second kappa shape index (κ2) is 4.79. The van der Waals surface area contributed by atoms with Crippen molar-refractivity contribution < 1.29 is 4.39 Å². The van der Waals surface area contributed by atoms with Crippen molar-refractivity contribution in [3.8, 4) is 0 Å². The molecule has 1 aliphatic carbocycles. The number of aromatic nitrogens is 3. The van der Waals surface area contributed by atoms with Crippen molar-refractivity contribution in [3.63, 3.8) is 0 Å². The number of nitrogens with one attached hydrogen (secondary N) is 1. The van der Waals surface area contributed by atoms with Gasteiger partial charge in [-0.3, -0.25) is 14.3 Å². The van der Waals surface area contributed by atoms with Gasteiger partial charge >= 0.3 is 5.69 Å². The molecule has 0 spiro atoms. The zero-order valence-corrected chi connectivity index (χ0v) is 12.4. The Labute approximate surface area is 129 Å². The molecule has 9 heteroatoms. The van der Waals surface area contributed by atoms with Crippen molar-refractivity contribution in [2.24, 2.45) is 5.73 Å². The van der Waals surface area contributed by atoms with E-state index in [1.165, 1.54) is 4.57 Å². The molecule has 0 bridgehead atoms. The first-order valence-electron chi connectivity index (χ1n) is 7.61. The molecule has 1 saturated carbocycles. The second-order valence-corrected chi connectivity index (χ2v) is 6.22. The number of hydrogen-bond donors (Lipinski definition) is 3. The van der Waals surface area contributed by atoms with Crippen LogP contribution in [0.2, 0.25) is 0 Å². The number of pyridine rings is 1. The van der Waals surface area contributed by atoms with Gasteiger partial charge in [0.2, 0.25) is 0 Å². The SMILES string of the molecule is Nc1c(F)c(N2CC[C@@H](N)C2)nc2c1c(=O)[nH]c(=O)n2C1CC1. The lowest BCUT2D eigenvalue weighted by Crippen LogP contribution is -2.33. The van der Waals surface area contributed by atoms with E-state index in [0.29, 0.717) is 13.1 Å². The van der Waals surface area contributed by atoms with E-state index >= 15 is 0 Å². The normalized spacial score (nSPS) is 21.3. The van der Waals surface area contributed by atoms with Crippen molar-refractivity contribution in [1.82, 2.24) is 14.5 Å². The summed E-state index contributed by atoms with van der Waals surface area (Å²) in [6, 6.07) is -0.0779. The fourth-order valence-electron chi connectivity index (χ4n) is 3.13. The lowest BCUT2D eigenvalue weighted by atomic mass is 10.2. The first-order valence-corrected chi connectivity index (χ1v) is 7.61. The summed E-state index contributed by atoms with van der Waals surface area (Å²) in [5, 5.41) is -0.0683. The predicted octanol–water partition coefficient (Wildman–Crippen LogP) is -0.322. The van der Waals surface area contributed by atoms with E-state index in [9.17, 15) is 14.0 Å². The summed E-state index contributed by atoms with van der Waals surface area (Å²) < 4.78 is 16.0. The number of nitrogens with zero attached hydrogens (tertiary/aromatic N) is 3. The Hall–Kier alpha value is -2.42. The maximum absolute atomic E-state index is 14.6. The van der Waals surface area contributed by atoms with Crippen molar-refractivity contribution in [1.29, 1.82) is 0 Å². The van der Waals surface area contributed by atoms with Gasteiger partial charge in [-0.05, 0) is 19.3 Å². The van der Waals surface area contributed by atoms with Gasteiger partial charge in [-0.2, -0.15) is 0 Å². The van der Waals surface area contributed by atoms with Gasteiger partial charge in [-0.25, -0.2) is 14.2 Å². The Bertz CT molecular complexity index is 916. The van der Waals surface area contributed by atoms with Gasteiger partial charge in [0.05, 0.1) is 5.69 Å². The molecule has 5 N–H and O–H groups in total. The summed E-state index contributed by atoms with van der Waals surface area (Å²) in [5.74, 6) is -0.680. The van der Waals surface area contributed by atoms with Crippen LogP contribution in [0.15, 0.2) is 9.59 Å². The quantitative estimate of drug-likeness (QED) is 0.697. The molecule has 0 aromatic carbocycles. The number of H-pyrrole nitrogens is 1. The average Bonchev–Trinajstić information content (AvgIpc) is 3.23. The number of anilines is 2. The van der Waals surface area contributed by atoms with Crippen LogP contribution in [0.4, 0.5) is 15.9 Å². The summed E-state index contributed by atoms with van der Waals surface area (Å²) in [5.41, 5.74) is 10.3. The van der Waals surface area contributed by atoms with Gasteiger partial charge in [0.25, 0.3) is 5.56 Å². The number of nitrogen functional groups attached to an aromatic ring is 1. The summed E-state index contributed by atoms with van der Waals surface area (Å²) in [7, 11) is 0. The number of fused-ring (bicyclic) bond motifs is 1. The van der Waals surface area contributed by atoms with Crippen LogP contribution in [0.3, 0.4) is 0 Å². The lowest BCUT2D eigenvalue weighted by Gasteiger charge is -2.20. The van der Waals surface area contributed by atoms with Gasteiger partial charge in [0.15, 0.2) is 17.3 Å². The number of nitrogens with two attached hydrogens (primary N) is 2. The number of hydrogen-bond acceptors (Lipinski definition) is 6. The molecule has 8 nitrogen and oxygen atoms in total. The first kappa shape index (κ1) is 14.2. The monoisotopic (exact) mass is 320 g/mol. The molecular weight excluding hydrogens is 303 g/mol. The van der Waals surface area contributed by atoms with E-state index in [1.54, 1.807) is 4.90 Å². The van der Waals surface area contributed by atoms with Crippen LogP contribution in [-0.4, -0.2) is 33.7 Å². The minimum Gasteiger partial charge on any atom is -0.395 e. The molecule has 23 heavy (non-hydrogen) atoms. The van der Waals surface area contributed by atoms with E-state index in [0.717, 1.165) is 19.3 Å². The summed E-state index contributed by atoms with van der Waals surface area (Å²) >= 11 is 0. The molecule has 1 atom stereocenters. The van der Waals surface area contributed by atoms with Crippen molar-refractivity contribution in [3.05, 3.63) is 26.7 Å². The van der Waals surface area contributed by atoms with E-state index in [2.05, 4.69) is 9.97 Å². The Morgan fingerprint density at radius 2 is 2.00 bits per heavy atom. The molecule has 122 valence electrons. The molecule has 0 amide bonds. The Balaban J connectivity index is 2.03. The molecule has 1 aliphatic heterocycles. The van der Waals surface area contributed by atoms with Crippen molar-refractivity contribution in [2.45, 2.75) is 31.3 Å². The third kappa shape index (κ3) is 2.11. The van der Waals surface area contributed by atoms with Crippen LogP contribution in [0, 0.1) is 5.82 Å². The molecule has 0 radical (unpaired) electrons. The van der Waals surface area contributed by atoms with Crippen LogP contribution in [0.5, 0.6) is 0 Å². The lowest BCUT2D eigenvalue weighted by molar-refractivity contribution is 0.618. The zero-order chi connectivity index (χ0) is 16.3. The Morgan fingerprint density at radius 1 is 1.26 bits per heavy atom. The highest BCUT2D eigenvalue weighted by molar-refractivity contribution is 5.89. The van der Waals surface area contributed by atoms with E-state index in [-0.39, 0.29) is 34.6 Å². The Kier molecular flexibility index (Phi) is 2.95. The van der Waals surface area contributed by atoms with Gasteiger partial charge in [0, 0.05) is 25.2 Å². The molecule has 0 unspecified atom stereocenters. The topological polar surface area (TPSA) is 123 Å². The van der Waals surface area contributed by atoms with Gasteiger partial charge in [-0.1, -0.05) is 0 Å². The standard InChI is InChI=1S/C14H17FN6O2/c15-9-10(17)8-11(18-12(9)20-4-3-6(16)5-20)21(7-1-2-7)14(23)19-13(8)22/h6-7H,1-5,16H2,(H2,17,18)(H,19,22,23)/t6-/m1/s1. The fraction of sp³-hybridized carbons (Fsp3) is 0.500. The van der Waals surface area contributed by atoms with Gasteiger partial charge in [0.1, 0.15) is 5.39 Å². The minimum absolute atomic E-state index is 0.0205. The van der Waals surface area contributed by atoms with E-state index < -0.39 is 17.1 Å². The van der Waals surface area contributed by atoms with Crippen LogP contribution in [0.1, 0.15) is 25.3 Å². The van der Waals surface area contributed by atoms with Crippen LogP contribution < -0.4 is 27.6 Å². The third-order valence-corrected chi connectivity index (χ3v) is 4.47. The highest BCUT2D eigenvalue weighted by atomic mass is 19.1. The Morgan fingerprint density at radius 3 is 2.61 bits per heavy atom. The molecule has 2 fully saturated rings. The maximum atomic E-state index is 14.6. The molecule has 3 heterocycles. The summed E-state index contributed by atoms with van der Waals surface area (Å²) in [6.07, 6.45) is 2.37. The average molecular weight is 320 g/mol. The van der Waals surface area contributed by atoms with Crippen LogP contribution in [0.25, 0.3) is 11.0 Å². The molecule has 2 aromatic rings. The highest BCUT2D eigenvalue weighted by Crippen LogP contribution is 2.36. The largest absolute Gasteiger partial charge is 0.395 e. The predicted molar refractivity (Wildman–Crippen MR) is 84.1 cm³/mol. The van der Waals surface area contributed by atoms with E-state index in [4.69, 9.17) is 11.5 Å². The molecule has 1 saturated heterocycles. The maximum Gasteiger partial charge on any atom is 0.330 e. The van der Waals surface area contributed by atoms with Gasteiger partial charge in [-0.15, -0.1) is 0 Å². The minimum atomic E-state index is -0.738. The molecule has 4 rings (SSSR count). The van der Waals surface area contributed by atoms with E-state index in [1.807, 2.05) is 0 Å². The number of aromatic amines is 1. The van der Waals surface area contributed by atoms with Crippen molar-refractivity contribution >= 4 is 22.5 Å². The highest BCUT2D eigenvalue weighted by Gasteiger charge is 2.31. The van der Waals surface area contributed by atoms with Crippen LogP contribution >= 0.6 is 0 Å². The molecule has 2 aromatic heterocycles. The second-order valence-electron chi connectivity index (χ2n) is 6.22. The summed E-state index contributed by atoms with van der Waals surface area (Å²) in [4.78, 5) is 32.4. The smallest absolute Gasteiger partial charge is 0.330 e. The summed E-state index contributed by atoms with van der Waals surface area (Å²) in [6.45, 7) is 1.03. The van der Waals surface area contributed by atoms with Gasteiger partial charge < -0.3 is 16.4 Å². The van der Waals surface area contributed by atoms with Crippen molar-refractivity contribution in [2.75, 3.05) is 23.7 Å². The molecule has 2 aliphatic rings. The zero-order valence-electron chi connectivity index (χ0n) is 12.4. The van der Waals surface area contributed by atoms with Crippen LogP contribution in [-0.2, 0) is 0 Å². The molecular formula is C14H17FN6O2. The number of rotatable bonds is 2. The fourth-order valence-corrected chi connectivity index (χ4v) is 3.13. The number of halogens is 1. The third-order valence-electron chi connectivity index (χ3n) is 4.47. The first-order chi connectivity index (χ1) is 11.0.